The standard InChI is InChI=1S/C17H24N2O/c1-17(2,3)18-11-16-9-10-19(12-16)14-20-13-15-7-5-4-6-8-15/h4-10,12,18H,11,13-14H2,1-3H3. The number of aromatic nitrogens is 1. The van der Waals surface area contributed by atoms with Crippen molar-refractivity contribution in [2.45, 2.75) is 46.2 Å². The Bertz CT molecular complexity index is 511. The van der Waals surface area contributed by atoms with Gasteiger partial charge in [-0.2, -0.15) is 0 Å². The number of hydrogen-bond donors (Lipinski definition) is 1. The molecule has 0 radical (unpaired) electrons. The van der Waals surface area contributed by atoms with Gasteiger partial charge in [-0.25, -0.2) is 0 Å². The van der Waals surface area contributed by atoms with Crippen molar-refractivity contribution in [3.8, 4) is 0 Å². The first-order valence-electron chi connectivity index (χ1n) is 7.04. The van der Waals surface area contributed by atoms with Crippen molar-refractivity contribution < 1.29 is 4.74 Å². The lowest BCUT2D eigenvalue weighted by Gasteiger charge is -2.19. The van der Waals surface area contributed by atoms with Crippen molar-refractivity contribution in [3.63, 3.8) is 0 Å². The highest BCUT2D eigenvalue weighted by Gasteiger charge is 2.08. The number of rotatable bonds is 6. The first kappa shape index (κ1) is 14.8. The molecule has 2 rings (SSSR count). The van der Waals surface area contributed by atoms with E-state index in [0.29, 0.717) is 13.3 Å². The van der Waals surface area contributed by atoms with Gasteiger partial charge in [0, 0.05) is 24.5 Å². The zero-order valence-electron chi connectivity index (χ0n) is 12.6. The Kier molecular flexibility index (Phi) is 4.99. The number of nitrogens with one attached hydrogen (secondary N) is 1. The number of benzene rings is 1. The molecule has 1 aromatic carbocycles. The van der Waals surface area contributed by atoms with E-state index in [9.17, 15) is 0 Å². The van der Waals surface area contributed by atoms with Gasteiger partial charge in [0.1, 0.15) is 6.73 Å². The molecule has 0 atom stereocenters. The zero-order valence-corrected chi connectivity index (χ0v) is 12.6. The van der Waals surface area contributed by atoms with Gasteiger partial charge in [0.05, 0.1) is 6.61 Å². The molecule has 0 saturated heterocycles. The van der Waals surface area contributed by atoms with Crippen LogP contribution in [0.1, 0.15) is 31.9 Å². The van der Waals surface area contributed by atoms with Crippen molar-refractivity contribution in [2.75, 3.05) is 0 Å². The van der Waals surface area contributed by atoms with Crippen molar-refractivity contribution in [1.82, 2.24) is 9.88 Å². The number of nitrogens with zero attached hydrogens (tertiary/aromatic N) is 1. The van der Waals surface area contributed by atoms with E-state index in [1.807, 2.05) is 18.2 Å². The second-order valence-corrected chi connectivity index (χ2v) is 6.10. The van der Waals surface area contributed by atoms with E-state index in [4.69, 9.17) is 4.74 Å². The molecule has 1 heterocycles. The molecule has 1 aromatic heterocycles. The second-order valence-electron chi connectivity index (χ2n) is 6.10. The quantitative estimate of drug-likeness (QED) is 0.870. The van der Waals surface area contributed by atoms with Gasteiger partial charge in [0.25, 0.3) is 0 Å². The average molecular weight is 272 g/mol. The van der Waals surface area contributed by atoms with Gasteiger partial charge in [0.15, 0.2) is 0 Å². The molecule has 0 aliphatic heterocycles. The Morgan fingerprint density at radius 1 is 1.05 bits per heavy atom. The molecule has 0 aliphatic carbocycles. The maximum Gasteiger partial charge on any atom is 0.122 e. The highest BCUT2D eigenvalue weighted by atomic mass is 16.5. The third kappa shape index (κ3) is 5.19. The SMILES string of the molecule is CC(C)(C)NCc1ccn(COCc2ccccc2)c1. The molecule has 2 aromatic rings. The van der Waals surface area contributed by atoms with Gasteiger partial charge < -0.3 is 14.6 Å². The molecule has 3 heteroatoms. The summed E-state index contributed by atoms with van der Waals surface area (Å²) >= 11 is 0. The smallest absolute Gasteiger partial charge is 0.122 e. The summed E-state index contributed by atoms with van der Waals surface area (Å²) < 4.78 is 7.78. The minimum absolute atomic E-state index is 0.145. The second kappa shape index (κ2) is 6.73. The maximum atomic E-state index is 5.71. The van der Waals surface area contributed by atoms with Crippen LogP contribution >= 0.6 is 0 Å². The summed E-state index contributed by atoms with van der Waals surface area (Å²) in [5.74, 6) is 0. The molecule has 0 fully saturated rings. The van der Waals surface area contributed by atoms with Crippen LogP contribution in [0.5, 0.6) is 0 Å². The van der Waals surface area contributed by atoms with E-state index >= 15 is 0 Å². The van der Waals surface area contributed by atoms with Gasteiger partial charge in [-0.1, -0.05) is 30.3 Å². The maximum absolute atomic E-state index is 5.71. The normalized spacial score (nSPS) is 11.8. The molecular weight excluding hydrogens is 248 g/mol. The molecule has 3 nitrogen and oxygen atoms in total. The Morgan fingerprint density at radius 3 is 2.50 bits per heavy atom. The molecule has 0 spiro atoms. The Hall–Kier alpha value is -1.58. The minimum Gasteiger partial charge on any atom is -0.356 e. The summed E-state index contributed by atoms with van der Waals surface area (Å²) in [6.45, 7) is 8.64. The van der Waals surface area contributed by atoms with Crippen LogP contribution in [0.25, 0.3) is 0 Å². The number of hydrogen-bond acceptors (Lipinski definition) is 2. The number of ether oxygens (including phenoxy) is 1. The summed E-state index contributed by atoms with van der Waals surface area (Å²) in [6, 6.07) is 12.4. The van der Waals surface area contributed by atoms with E-state index in [1.54, 1.807) is 0 Å². The highest BCUT2D eigenvalue weighted by molar-refractivity contribution is 5.13. The summed E-state index contributed by atoms with van der Waals surface area (Å²) in [4.78, 5) is 0. The highest BCUT2D eigenvalue weighted by Crippen LogP contribution is 2.07. The van der Waals surface area contributed by atoms with Crippen LogP contribution in [0, 0.1) is 0 Å². The molecule has 20 heavy (non-hydrogen) atoms. The molecule has 108 valence electrons. The third-order valence-corrected chi connectivity index (χ3v) is 2.99. The fourth-order valence-electron chi connectivity index (χ4n) is 1.89. The fraction of sp³-hybridized carbons (Fsp3) is 0.412. The average Bonchev–Trinajstić information content (AvgIpc) is 2.85. The van der Waals surface area contributed by atoms with Gasteiger partial charge in [-0.3, -0.25) is 0 Å². The molecular formula is C17H24N2O. The van der Waals surface area contributed by atoms with Crippen LogP contribution in [0.3, 0.4) is 0 Å². The van der Waals surface area contributed by atoms with Gasteiger partial charge in [-0.05, 0) is 38.0 Å². The van der Waals surface area contributed by atoms with Crippen LogP contribution in [-0.4, -0.2) is 10.1 Å². The van der Waals surface area contributed by atoms with Crippen LogP contribution < -0.4 is 5.32 Å². The van der Waals surface area contributed by atoms with Crippen LogP contribution in [0.15, 0.2) is 48.8 Å². The van der Waals surface area contributed by atoms with E-state index in [-0.39, 0.29) is 5.54 Å². The lowest BCUT2D eigenvalue weighted by Crippen LogP contribution is -2.34. The molecule has 0 aliphatic rings. The zero-order chi connectivity index (χ0) is 14.4. The minimum atomic E-state index is 0.145. The van der Waals surface area contributed by atoms with E-state index < -0.39 is 0 Å². The Balaban J connectivity index is 1.75. The summed E-state index contributed by atoms with van der Waals surface area (Å²) in [7, 11) is 0. The monoisotopic (exact) mass is 272 g/mol. The van der Waals surface area contributed by atoms with E-state index in [2.05, 4.69) is 61.2 Å². The molecule has 0 saturated carbocycles. The molecule has 0 unspecified atom stereocenters. The van der Waals surface area contributed by atoms with Crippen molar-refractivity contribution >= 4 is 0 Å². The van der Waals surface area contributed by atoms with Crippen LogP contribution in [-0.2, 0) is 24.6 Å². The van der Waals surface area contributed by atoms with Crippen LogP contribution in [0.4, 0.5) is 0 Å². The first-order valence-corrected chi connectivity index (χ1v) is 7.04. The van der Waals surface area contributed by atoms with Crippen molar-refractivity contribution in [2.24, 2.45) is 0 Å². The van der Waals surface area contributed by atoms with Crippen molar-refractivity contribution in [1.29, 1.82) is 0 Å². The molecule has 1 N–H and O–H groups in total. The fourth-order valence-corrected chi connectivity index (χ4v) is 1.89. The van der Waals surface area contributed by atoms with Gasteiger partial charge in [-0.15, -0.1) is 0 Å². The topological polar surface area (TPSA) is 26.2 Å². The summed E-state index contributed by atoms with van der Waals surface area (Å²) in [6.07, 6.45) is 4.19. The third-order valence-electron chi connectivity index (χ3n) is 2.99. The summed E-state index contributed by atoms with van der Waals surface area (Å²) in [5, 5.41) is 3.48. The summed E-state index contributed by atoms with van der Waals surface area (Å²) in [5.41, 5.74) is 2.63. The first-order chi connectivity index (χ1) is 9.53. The predicted molar refractivity (Wildman–Crippen MR) is 82.3 cm³/mol. The predicted octanol–water partition coefficient (Wildman–Crippen LogP) is 3.55. The lowest BCUT2D eigenvalue weighted by atomic mass is 10.1. The van der Waals surface area contributed by atoms with Crippen molar-refractivity contribution in [3.05, 3.63) is 59.9 Å². The van der Waals surface area contributed by atoms with Crippen LogP contribution in [0.2, 0.25) is 0 Å². The molecule has 0 amide bonds. The van der Waals surface area contributed by atoms with E-state index in [0.717, 1.165) is 6.54 Å². The molecule has 0 bridgehead atoms. The van der Waals surface area contributed by atoms with Gasteiger partial charge >= 0.3 is 0 Å². The Labute approximate surface area is 121 Å². The Morgan fingerprint density at radius 2 is 1.80 bits per heavy atom. The largest absolute Gasteiger partial charge is 0.356 e. The van der Waals surface area contributed by atoms with Gasteiger partial charge in [0.2, 0.25) is 0 Å². The van der Waals surface area contributed by atoms with E-state index in [1.165, 1.54) is 11.1 Å². The lowest BCUT2D eigenvalue weighted by molar-refractivity contribution is 0.0641.